The number of aryl methyl sites for hydroxylation is 1. The number of hydrogen-bond donors (Lipinski definition) is 0. The molecule has 1 saturated carbocycles. The highest BCUT2D eigenvalue weighted by molar-refractivity contribution is 6.01. The first-order valence-corrected chi connectivity index (χ1v) is 9.33. The molecule has 26 heavy (non-hydrogen) atoms. The molecule has 4 rings (SSSR count). The number of carbonyl (C=O) groups excluding carboxylic acids is 2. The van der Waals surface area contributed by atoms with Crippen molar-refractivity contribution in [1.29, 1.82) is 0 Å². The van der Waals surface area contributed by atoms with Crippen LogP contribution in [0.25, 0.3) is 0 Å². The molecule has 2 aliphatic rings. The summed E-state index contributed by atoms with van der Waals surface area (Å²) in [6.45, 7) is 1.34. The first-order valence-electron chi connectivity index (χ1n) is 9.33. The standard InChI is InChI=1S/C22H24N2O2/c1-23(15-16-8-3-2-4-9-16)21(25)18-14-19(18)22(26)24-13-7-11-17-10-5-6-12-20(17)24/h2-6,8-10,12,18-19H,7,11,13-15H2,1H3. The Morgan fingerprint density at radius 3 is 2.58 bits per heavy atom. The fraction of sp³-hybridized carbons (Fsp3) is 0.364. The molecule has 2 aromatic carbocycles. The number of carbonyl (C=O) groups is 2. The van der Waals surface area contributed by atoms with Gasteiger partial charge in [0.25, 0.3) is 0 Å². The van der Waals surface area contributed by atoms with Crippen molar-refractivity contribution >= 4 is 17.5 Å². The molecule has 2 amide bonds. The van der Waals surface area contributed by atoms with Gasteiger partial charge >= 0.3 is 0 Å². The Balaban J connectivity index is 1.40. The van der Waals surface area contributed by atoms with Gasteiger partial charge in [-0.2, -0.15) is 0 Å². The molecule has 0 radical (unpaired) electrons. The van der Waals surface area contributed by atoms with E-state index >= 15 is 0 Å². The molecule has 0 bridgehead atoms. The van der Waals surface area contributed by atoms with E-state index < -0.39 is 0 Å². The summed E-state index contributed by atoms with van der Waals surface area (Å²) in [7, 11) is 1.82. The summed E-state index contributed by atoms with van der Waals surface area (Å²) in [5.41, 5.74) is 3.37. The van der Waals surface area contributed by atoms with Crippen molar-refractivity contribution in [1.82, 2.24) is 4.90 Å². The molecule has 2 unspecified atom stereocenters. The number of nitrogens with zero attached hydrogens (tertiary/aromatic N) is 2. The van der Waals surface area contributed by atoms with Gasteiger partial charge < -0.3 is 9.80 Å². The Bertz CT molecular complexity index is 818. The van der Waals surface area contributed by atoms with Crippen molar-refractivity contribution in [2.75, 3.05) is 18.5 Å². The monoisotopic (exact) mass is 348 g/mol. The van der Waals surface area contributed by atoms with E-state index in [2.05, 4.69) is 6.07 Å². The van der Waals surface area contributed by atoms with Crippen molar-refractivity contribution in [2.45, 2.75) is 25.8 Å². The lowest BCUT2D eigenvalue weighted by molar-refractivity contribution is -0.133. The van der Waals surface area contributed by atoms with Gasteiger partial charge in [-0.1, -0.05) is 48.5 Å². The van der Waals surface area contributed by atoms with Gasteiger partial charge in [-0.3, -0.25) is 9.59 Å². The average Bonchev–Trinajstić information content (AvgIpc) is 3.48. The summed E-state index contributed by atoms with van der Waals surface area (Å²) in [6.07, 6.45) is 2.68. The van der Waals surface area contributed by atoms with Crippen LogP contribution < -0.4 is 4.90 Å². The fourth-order valence-electron chi connectivity index (χ4n) is 3.92. The van der Waals surface area contributed by atoms with E-state index in [-0.39, 0.29) is 23.7 Å². The smallest absolute Gasteiger partial charge is 0.230 e. The van der Waals surface area contributed by atoms with Gasteiger partial charge in [0.15, 0.2) is 0 Å². The third kappa shape index (κ3) is 3.24. The minimum atomic E-state index is -0.162. The Hall–Kier alpha value is -2.62. The van der Waals surface area contributed by atoms with Crippen molar-refractivity contribution in [2.24, 2.45) is 11.8 Å². The van der Waals surface area contributed by atoms with E-state index in [0.29, 0.717) is 13.0 Å². The molecule has 2 atom stereocenters. The maximum absolute atomic E-state index is 13.0. The van der Waals surface area contributed by atoms with E-state index in [9.17, 15) is 9.59 Å². The van der Waals surface area contributed by atoms with Gasteiger partial charge in [-0.25, -0.2) is 0 Å². The number of hydrogen-bond acceptors (Lipinski definition) is 2. The molecule has 1 heterocycles. The van der Waals surface area contributed by atoms with Crippen molar-refractivity contribution in [3.63, 3.8) is 0 Å². The molecule has 4 heteroatoms. The van der Waals surface area contributed by atoms with Gasteiger partial charge in [-0.05, 0) is 36.5 Å². The second-order valence-electron chi connectivity index (χ2n) is 7.35. The Kier molecular flexibility index (Phi) is 4.49. The zero-order chi connectivity index (χ0) is 18.1. The van der Waals surface area contributed by atoms with Gasteiger partial charge in [0, 0.05) is 25.8 Å². The van der Waals surface area contributed by atoms with Gasteiger partial charge in [0.2, 0.25) is 11.8 Å². The van der Waals surface area contributed by atoms with Crippen molar-refractivity contribution < 1.29 is 9.59 Å². The Morgan fingerprint density at radius 1 is 1.04 bits per heavy atom. The van der Waals surface area contributed by atoms with Crippen LogP contribution in [0, 0.1) is 11.8 Å². The van der Waals surface area contributed by atoms with Crippen molar-refractivity contribution in [3.05, 3.63) is 65.7 Å². The van der Waals surface area contributed by atoms with Crippen LogP contribution >= 0.6 is 0 Å². The normalized spacial score (nSPS) is 21.0. The van der Waals surface area contributed by atoms with Crippen molar-refractivity contribution in [3.8, 4) is 0 Å². The highest BCUT2D eigenvalue weighted by atomic mass is 16.2. The van der Waals surface area contributed by atoms with E-state index in [1.165, 1.54) is 5.56 Å². The number of para-hydroxylation sites is 1. The second kappa shape index (κ2) is 6.94. The molecule has 0 N–H and O–H groups in total. The highest BCUT2D eigenvalue weighted by Gasteiger charge is 2.50. The van der Waals surface area contributed by atoms with E-state index in [0.717, 1.165) is 30.6 Å². The zero-order valence-electron chi connectivity index (χ0n) is 15.1. The van der Waals surface area contributed by atoms with Crippen LogP contribution in [0.1, 0.15) is 24.0 Å². The first-order chi connectivity index (χ1) is 12.6. The molecular weight excluding hydrogens is 324 g/mol. The number of rotatable bonds is 4. The molecule has 1 fully saturated rings. The summed E-state index contributed by atoms with van der Waals surface area (Å²) in [4.78, 5) is 29.3. The van der Waals surface area contributed by atoms with Crippen LogP contribution in [0.4, 0.5) is 5.69 Å². The molecule has 4 nitrogen and oxygen atoms in total. The third-order valence-electron chi connectivity index (χ3n) is 5.44. The minimum Gasteiger partial charge on any atom is -0.341 e. The number of benzene rings is 2. The Morgan fingerprint density at radius 2 is 1.77 bits per heavy atom. The van der Waals surface area contributed by atoms with E-state index in [1.807, 2.05) is 60.5 Å². The molecule has 134 valence electrons. The molecule has 2 aromatic rings. The van der Waals surface area contributed by atoms with Gasteiger partial charge in [-0.15, -0.1) is 0 Å². The molecular formula is C22H24N2O2. The third-order valence-corrected chi connectivity index (χ3v) is 5.44. The molecule has 0 aromatic heterocycles. The van der Waals surface area contributed by atoms with E-state index in [1.54, 1.807) is 4.90 Å². The van der Waals surface area contributed by atoms with Gasteiger partial charge in [0.05, 0.1) is 11.8 Å². The lowest BCUT2D eigenvalue weighted by Crippen LogP contribution is -2.38. The van der Waals surface area contributed by atoms with Gasteiger partial charge in [0.1, 0.15) is 0 Å². The SMILES string of the molecule is CN(Cc1ccccc1)C(=O)C1CC1C(=O)N1CCCc2ccccc21. The second-order valence-corrected chi connectivity index (χ2v) is 7.35. The molecule has 1 aliphatic heterocycles. The summed E-state index contributed by atoms with van der Waals surface area (Å²) in [5.74, 6) is -0.127. The summed E-state index contributed by atoms with van der Waals surface area (Å²) < 4.78 is 0. The van der Waals surface area contributed by atoms with Crippen LogP contribution in [0.2, 0.25) is 0 Å². The maximum atomic E-state index is 13.0. The van der Waals surface area contributed by atoms with E-state index in [4.69, 9.17) is 0 Å². The minimum absolute atomic E-state index is 0.0810. The fourth-order valence-corrected chi connectivity index (χ4v) is 3.92. The average molecular weight is 348 g/mol. The number of anilines is 1. The quantitative estimate of drug-likeness (QED) is 0.851. The predicted molar refractivity (Wildman–Crippen MR) is 102 cm³/mol. The molecule has 0 spiro atoms. The lowest BCUT2D eigenvalue weighted by atomic mass is 10.0. The highest BCUT2D eigenvalue weighted by Crippen LogP contribution is 2.43. The Labute approximate surface area is 154 Å². The zero-order valence-corrected chi connectivity index (χ0v) is 15.1. The number of amides is 2. The largest absolute Gasteiger partial charge is 0.341 e. The predicted octanol–water partition coefficient (Wildman–Crippen LogP) is 3.26. The van der Waals surface area contributed by atoms with Crippen LogP contribution in [0.5, 0.6) is 0 Å². The van der Waals surface area contributed by atoms with Crippen LogP contribution in [-0.4, -0.2) is 30.3 Å². The van der Waals surface area contributed by atoms with Crippen LogP contribution in [0.3, 0.4) is 0 Å². The topological polar surface area (TPSA) is 40.6 Å². The van der Waals surface area contributed by atoms with Crippen LogP contribution in [-0.2, 0) is 22.6 Å². The maximum Gasteiger partial charge on any atom is 0.230 e. The van der Waals surface area contributed by atoms with Crippen LogP contribution in [0.15, 0.2) is 54.6 Å². The summed E-state index contributed by atoms with van der Waals surface area (Å²) >= 11 is 0. The summed E-state index contributed by atoms with van der Waals surface area (Å²) in [6, 6.07) is 18.1. The summed E-state index contributed by atoms with van der Waals surface area (Å²) in [5, 5.41) is 0. The number of fused-ring (bicyclic) bond motifs is 1. The lowest BCUT2D eigenvalue weighted by Gasteiger charge is -2.29. The molecule has 1 aliphatic carbocycles. The molecule has 0 saturated heterocycles. The first kappa shape index (κ1) is 16.8.